The molecule has 9 heteroatoms. The lowest BCUT2D eigenvalue weighted by Crippen LogP contribution is -2.36. The average molecular weight is 425 g/mol. The molecular formula is C22H28N6O3. The second-order valence-electron chi connectivity index (χ2n) is 6.68. The van der Waals surface area contributed by atoms with E-state index in [4.69, 9.17) is 14.2 Å². The molecule has 0 atom stereocenters. The number of aryl methyl sites for hydroxylation is 1. The molecular weight excluding hydrogens is 396 g/mol. The number of hydrogen-bond donors (Lipinski definition) is 2. The molecule has 9 nitrogen and oxygen atoms in total. The van der Waals surface area contributed by atoms with Crippen LogP contribution in [-0.2, 0) is 13.1 Å². The van der Waals surface area contributed by atoms with E-state index in [1.165, 1.54) is 0 Å². The molecule has 31 heavy (non-hydrogen) atoms. The number of methoxy groups -OCH3 is 3. The van der Waals surface area contributed by atoms with Gasteiger partial charge in [0.2, 0.25) is 5.75 Å². The Balaban J connectivity index is 1.60. The molecule has 0 bridgehead atoms. The maximum atomic E-state index is 5.41. The molecule has 0 radical (unpaired) electrons. The zero-order chi connectivity index (χ0) is 22.2. The number of benzene rings is 1. The lowest BCUT2D eigenvalue weighted by atomic mass is 10.2. The molecule has 0 fully saturated rings. The van der Waals surface area contributed by atoms with Crippen LogP contribution < -0.4 is 24.8 Å². The molecule has 0 aliphatic carbocycles. The third-order valence-electron chi connectivity index (χ3n) is 4.75. The second-order valence-corrected chi connectivity index (χ2v) is 6.68. The first kappa shape index (κ1) is 21.9. The fourth-order valence-electron chi connectivity index (χ4n) is 3.11. The van der Waals surface area contributed by atoms with Crippen LogP contribution in [0.1, 0.15) is 17.0 Å². The third-order valence-corrected chi connectivity index (χ3v) is 4.75. The molecule has 2 aromatic heterocycles. The summed E-state index contributed by atoms with van der Waals surface area (Å²) in [5.41, 5.74) is 2.01. The van der Waals surface area contributed by atoms with Crippen molar-refractivity contribution in [2.75, 3.05) is 28.4 Å². The predicted molar refractivity (Wildman–Crippen MR) is 119 cm³/mol. The van der Waals surface area contributed by atoms with Crippen LogP contribution in [0.3, 0.4) is 0 Å². The smallest absolute Gasteiger partial charge is 0.203 e. The van der Waals surface area contributed by atoms with Crippen molar-refractivity contribution >= 4 is 5.96 Å². The third kappa shape index (κ3) is 5.25. The maximum Gasteiger partial charge on any atom is 0.203 e. The number of pyridine rings is 1. The molecule has 3 rings (SSSR count). The summed E-state index contributed by atoms with van der Waals surface area (Å²) >= 11 is 0. The van der Waals surface area contributed by atoms with Gasteiger partial charge in [-0.05, 0) is 36.2 Å². The Labute approximate surface area is 182 Å². The number of rotatable bonds is 8. The summed E-state index contributed by atoms with van der Waals surface area (Å²) < 4.78 is 18.1. The lowest BCUT2D eigenvalue weighted by Gasteiger charge is -2.16. The van der Waals surface area contributed by atoms with Gasteiger partial charge >= 0.3 is 0 Å². The largest absolute Gasteiger partial charge is 0.493 e. The van der Waals surface area contributed by atoms with Gasteiger partial charge < -0.3 is 24.8 Å². The number of nitrogens with one attached hydrogen (secondary N) is 2. The van der Waals surface area contributed by atoms with E-state index in [2.05, 4.69) is 25.6 Å². The zero-order valence-corrected chi connectivity index (χ0v) is 18.5. The van der Waals surface area contributed by atoms with E-state index in [1.54, 1.807) is 34.6 Å². The van der Waals surface area contributed by atoms with Crippen molar-refractivity contribution in [3.63, 3.8) is 0 Å². The van der Waals surface area contributed by atoms with Gasteiger partial charge in [0.1, 0.15) is 11.6 Å². The normalized spacial score (nSPS) is 11.2. The molecule has 0 aliphatic heterocycles. The van der Waals surface area contributed by atoms with E-state index in [9.17, 15) is 0 Å². The van der Waals surface area contributed by atoms with Crippen LogP contribution in [0.4, 0.5) is 0 Å². The Hall–Kier alpha value is -3.75. The molecule has 3 aromatic rings. The topological polar surface area (TPSA) is 94.8 Å². The van der Waals surface area contributed by atoms with Crippen LogP contribution in [0.5, 0.6) is 17.2 Å². The van der Waals surface area contributed by atoms with E-state index in [0.29, 0.717) is 36.3 Å². The molecule has 2 heterocycles. The van der Waals surface area contributed by atoms with Crippen molar-refractivity contribution in [2.45, 2.75) is 20.0 Å². The monoisotopic (exact) mass is 424 g/mol. The van der Waals surface area contributed by atoms with Crippen molar-refractivity contribution in [2.24, 2.45) is 4.99 Å². The number of ether oxygens (including phenoxy) is 3. The van der Waals surface area contributed by atoms with Gasteiger partial charge in [-0.25, -0.2) is 9.97 Å². The molecule has 0 unspecified atom stereocenters. The number of aliphatic imine (C=N–C) groups is 1. The van der Waals surface area contributed by atoms with Crippen molar-refractivity contribution in [3.05, 3.63) is 59.8 Å². The lowest BCUT2D eigenvalue weighted by molar-refractivity contribution is 0.323. The summed E-state index contributed by atoms with van der Waals surface area (Å²) in [6, 6.07) is 7.81. The van der Waals surface area contributed by atoms with Gasteiger partial charge in [-0.3, -0.25) is 9.56 Å². The van der Waals surface area contributed by atoms with Gasteiger partial charge in [-0.2, -0.15) is 0 Å². The number of guanidine groups is 1. The molecule has 1 aromatic carbocycles. The summed E-state index contributed by atoms with van der Waals surface area (Å²) in [4.78, 5) is 13.0. The molecule has 164 valence electrons. The fourth-order valence-corrected chi connectivity index (χ4v) is 3.11. The van der Waals surface area contributed by atoms with E-state index in [0.717, 1.165) is 22.8 Å². The highest BCUT2D eigenvalue weighted by molar-refractivity contribution is 5.79. The summed E-state index contributed by atoms with van der Waals surface area (Å²) in [7, 11) is 6.51. The molecule has 2 N–H and O–H groups in total. The Morgan fingerprint density at radius 2 is 1.65 bits per heavy atom. The van der Waals surface area contributed by atoms with E-state index < -0.39 is 0 Å². The van der Waals surface area contributed by atoms with Crippen molar-refractivity contribution in [1.82, 2.24) is 25.2 Å². The second kappa shape index (κ2) is 10.3. The van der Waals surface area contributed by atoms with Crippen LogP contribution in [0.2, 0.25) is 0 Å². The number of nitrogens with zero attached hydrogens (tertiary/aromatic N) is 4. The van der Waals surface area contributed by atoms with E-state index in [-0.39, 0.29) is 0 Å². The van der Waals surface area contributed by atoms with Crippen LogP contribution >= 0.6 is 0 Å². The van der Waals surface area contributed by atoms with Crippen molar-refractivity contribution in [3.8, 4) is 23.1 Å². The Bertz CT molecular complexity index is 1000. The predicted octanol–water partition coefficient (Wildman–Crippen LogP) is 2.47. The standard InChI is InChI=1S/C22H28N6O3/c1-15-24-8-9-28(15)20-7-6-16(12-25-20)13-26-22(23-2)27-14-17-10-18(29-3)21(31-5)19(11-17)30-4/h6-12H,13-14H2,1-5H3,(H2,23,26,27). The first-order chi connectivity index (χ1) is 15.1. The highest BCUT2D eigenvalue weighted by atomic mass is 16.5. The highest BCUT2D eigenvalue weighted by Gasteiger charge is 2.13. The van der Waals surface area contributed by atoms with Gasteiger partial charge in [-0.1, -0.05) is 6.07 Å². The fraction of sp³-hybridized carbons (Fsp3) is 0.318. The minimum Gasteiger partial charge on any atom is -0.493 e. The summed E-state index contributed by atoms with van der Waals surface area (Å²) in [6.07, 6.45) is 5.49. The van der Waals surface area contributed by atoms with Gasteiger partial charge in [-0.15, -0.1) is 0 Å². The van der Waals surface area contributed by atoms with E-state index >= 15 is 0 Å². The highest BCUT2D eigenvalue weighted by Crippen LogP contribution is 2.38. The van der Waals surface area contributed by atoms with Crippen molar-refractivity contribution in [1.29, 1.82) is 0 Å². The number of hydrogen-bond acceptors (Lipinski definition) is 6. The Morgan fingerprint density at radius 1 is 0.968 bits per heavy atom. The number of imidazole rings is 1. The van der Waals surface area contributed by atoms with Crippen LogP contribution in [-0.4, -0.2) is 48.9 Å². The summed E-state index contributed by atoms with van der Waals surface area (Å²) in [5.74, 6) is 4.20. The average Bonchev–Trinajstić information content (AvgIpc) is 3.24. The SMILES string of the molecule is CN=C(NCc1ccc(-n2ccnc2C)nc1)NCc1cc(OC)c(OC)c(OC)c1. The first-order valence-electron chi connectivity index (χ1n) is 9.78. The minimum atomic E-state index is 0.535. The Morgan fingerprint density at radius 3 is 2.13 bits per heavy atom. The van der Waals surface area contributed by atoms with Gasteiger partial charge in [0, 0.05) is 38.7 Å². The molecule has 0 saturated heterocycles. The van der Waals surface area contributed by atoms with Crippen LogP contribution in [0, 0.1) is 6.92 Å². The van der Waals surface area contributed by atoms with E-state index in [1.807, 2.05) is 48.1 Å². The van der Waals surface area contributed by atoms with Crippen molar-refractivity contribution < 1.29 is 14.2 Å². The van der Waals surface area contributed by atoms with Gasteiger partial charge in [0.05, 0.1) is 21.3 Å². The molecule has 0 aliphatic rings. The molecule has 0 spiro atoms. The zero-order valence-electron chi connectivity index (χ0n) is 18.5. The Kier molecular flexibility index (Phi) is 7.31. The van der Waals surface area contributed by atoms with Crippen LogP contribution in [0.15, 0.2) is 47.8 Å². The quantitative estimate of drug-likeness (QED) is 0.424. The number of aromatic nitrogens is 3. The summed E-state index contributed by atoms with van der Waals surface area (Å²) in [5, 5.41) is 6.59. The van der Waals surface area contributed by atoms with Gasteiger partial charge in [0.15, 0.2) is 17.5 Å². The first-order valence-corrected chi connectivity index (χ1v) is 9.78. The molecule has 0 saturated carbocycles. The maximum absolute atomic E-state index is 5.41. The summed E-state index contributed by atoms with van der Waals surface area (Å²) in [6.45, 7) is 3.07. The van der Waals surface area contributed by atoms with Gasteiger partial charge in [0.25, 0.3) is 0 Å². The minimum absolute atomic E-state index is 0.535. The van der Waals surface area contributed by atoms with Crippen LogP contribution in [0.25, 0.3) is 5.82 Å². The molecule has 0 amide bonds.